The number of amides is 2. The minimum atomic E-state index is -4.54. The zero-order valence-electron chi connectivity index (χ0n) is 18.4. The highest BCUT2D eigenvalue weighted by atomic mass is 19.4. The molecule has 0 aliphatic carbocycles. The van der Waals surface area contributed by atoms with Gasteiger partial charge in [-0.25, -0.2) is 0 Å². The van der Waals surface area contributed by atoms with Crippen molar-refractivity contribution in [1.29, 1.82) is 0 Å². The molecule has 0 saturated carbocycles. The molecule has 176 valence electrons. The summed E-state index contributed by atoms with van der Waals surface area (Å²) < 4.78 is 39.4. The van der Waals surface area contributed by atoms with E-state index in [0.29, 0.717) is 32.7 Å². The molecule has 1 fully saturated rings. The number of fused-ring (bicyclic) bond motifs is 1. The van der Waals surface area contributed by atoms with Crippen molar-refractivity contribution in [3.8, 4) is 0 Å². The molecule has 1 N–H and O–H groups in total. The van der Waals surface area contributed by atoms with Crippen LogP contribution >= 0.6 is 0 Å². The Morgan fingerprint density at radius 1 is 0.970 bits per heavy atom. The predicted molar refractivity (Wildman–Crippen MR) is 120 cm³/mol. The quantitative estimate of drug-likeness (QED) is 0.745. The number of alkyl halides is 3. The van der Waals surface area contributed by atoms with Gasteiger partial charge in [0, 0.05) is 37.9 Å². The van der Waals surface area contributed by atoms with Crippen molar-refractivity contribution < 1.29 is 22.8 Å². The highest BCUT2D eigenvalue weighted by Gasteiger charge is 2.34. The van der Waals surface area contributed by atoms with Gasteiger partial charge in [-0.3, -0.25) is 14.5 Å². The molecule has 2 aliphatic rings. The molecule has 2 aliphatic heterocycles. The summed E-state index contributed by atoms with van der Waals surface area (Å²) in [6, 6.07) is 13.3. The van der Waals surface area contributed by atoms with Gasteiger partial charge < -0.3 is 15.1 Å². The number of nitrogens with one attached hydrogen (secondary N) is 1. The Bertz CT molecular complexity index is 1020. The van der Waals surface area contributed by atoms with E-state index in [9.17, 15) is 22.8 Å². The first-order valence-electron chi connectivity index (χ1n) is 11.0. The lowest BCUT2D eigenvalue weighted by atomic mass is 10.1. The summed E-state index contributed by atoms with van der Waals surface area (Å²) in [6.45, 7) is 4.35. The molecule has 33 heavy (non-hydrogen) atoms. The van der Waals surface area contributed by atoms with Crippen LogP contribution in [-0.2, 0) is 22.2 Å². The lowest BCUT2D eigenvalue weighted by molar-refractivity contribution is -0.137. The van der Waals surface area contributed by atoms with Gasteiger partial charge in [0.25, 0.3) is 0 Å². The number of piperazine rings is 1. The fourth-order valence-corrected chi connectivity index (χ4v) is 4.50. The second-order valence-corrected chi connectivity index (χ2v) is 8.56. The first kappa shape index (κ1) is 23.1. The van der Waals surface area contributed by atoms with Gasteiger partial charge in [0.05, 0.1) is 24.3 Å². The monoisotopic (exact) mass is 460 g/mol. The third kappa shape index (κ3) is 5.30. The average Bonchev–Trinajstić information content (AvgIpc) is 3.09. The molecule has 2 aromatic rings. The molecular formula is C24H27F3N4O2. The van der Waals surface area contributed by atoms with Crippen LogP contribution in [0.5, 0.6) is 0 Å². The largest absolute Gasteiger partial charge is 0.418 e. The average molecular weight is 461 g/mol. The molecule has 2 aromatic carbocycles. The number of anilines is 2. The van der Waals surface area contributed by atoms with E-state index in [1.807, 2.05) is 23.1 Å². The normalized spacial score (nSPS) is 18.8. The van der Waals surface area contributed by atoms with E-state index in [0.717, 1.165) is 18.2 Å². The maximum atomic E-state index is 13.1. The highest BCUT2D eigenvalue weighted by molar-refractivity contribution is 5.93. The molecule has 9 heteroatoms. The summed E-state index contributed by atoms with van der Waals surface area (Å²) in [5, 5.41) is 2.37. The summed E-state index contributed by atoms with van der Waals surface area (Å²) in [7, 11) is 0. The third-order valence-corrected chi connectivity index (χ3v) is 6.25. The second-order valence-electron chi connectivity index (χ2n) is 8.56. The van der Waals surface area contributed by atoms with E-state index in [-0.39, 0.29) is 24.2 Å². The van der Waals surface area contributed by atoms with Gasteiger partial charge in [-0.2, -0.15) is 13.2 Å². The number of benzene rings is 2. The number of rotatable bonds is 5. The minimum absolute atomic E-state index is 0.0231. The van der Waals surface area contributed by atoms with Crippen molar-refractivity contribution >= 4 is 23.2 Å². The van der Waals surface area contributed by atoms with Crippen molar-refractivity contribution in [1.82, 2.24) is 9.80 Å². The van der Waals surface area contributed by atoms with E-state index >= 15 is 0 Å². The molecule has 6 nitrogen and oxygen atoms in total. The molecule has 2 heterocycles. The standard InChI is InChI=1S/C24H27F3N4O2/c1-17-14-18-6-2-5-9-21(18)31(17)16-23(33)30-12-10-29(11-13-30)15-22(32)28-20-8-4-3-7-19(20)24(25,26)27/h2-9,17H,10-16H2,1H3,(H,28,32). The lowest BCUT2D eigenvalue weighted by Crippen LogP contribution is -2.53. The maximum Gasteiger partial charge on any atom is 0.418 e. The van der Waals surface area contributed by atoms with Crippen molar-refractivity contribution in [2.75, 3.05) is 49.5 Å². The predicted octanol–water partition coefficient (Wildman–Crippen LogP) is 3.24. The summed E-state index contributed by atoms with van der Waals surface area (Å²) in [6.07, 6.45) is -3.62. The molecule has 0 aromatic heterocycles. The summed E-state index contributed by atoms with van der Waals surface area (Å²) in [4.78, 5) is 31.0. The highest BCUT2D eigenvalue weighted by Crippen LogP contribution is 2.34. The van der Waals surface area contributed by atoms with E-state index < -0.39 is 17.6 Å². The second kappa shape index (κ2) is 9.43. The number of nitrogens with zero attached hydrogens (tertiary/aromatic N) is 3. The fraction of sp³-hybridized carbons (Fsp3) is 0.417. The van der Waals surface area contributed by atoms with Gasteiger partial charge in [-0.15, -0.1) is 0 Å². The van der Waals surface area contributed by atoms with Crippen molar-refractivity contribution in [3.63, 3.8) is 0 Å². The lowest BCUT2D eigenvalue weighted by Gasteiger charge is -2.36. The summed E-state index contributed by atoms with van der Waals surface area (Å²) in [5.74, 6) is -0.462. The van der Waals surface area contributed by atoms with Crippen molar-refractivity contribution in [2.45, 2.75) is 25.6 Å². The molecule has 4 rings (SSSR count). The number of hydrogen-bond donors (Lipinski definition) is 1. The van der Waals surface area contributed by atoms with E-state index in [1.54, 1.807) is 4.90 Å². The summed E-state index contributed by atoms with van der Waals surface area (Å²) >= 11 is 0. The van der Waals surface area contributed by atoms with Crippen LogP contribution < -0.4 is 10.2 Å². The van der Waals surface area contributed by atoms with Gasteiger partial charge in [0.15, 0.2) is 0 Å². The molecular weight excluding hydrogens is 433 g/mol. The van der Waals surface area contributed by atoms with Crippen molar-refractivity contribution in [2.24, 2.45) is 0 Å². The number of hydrogen-bond acceptors (Lipinski definition) is 4. The molecule has 1 saturated heterocycles. The first-order valence-corrected chi connectivity index (χ1v) is 11.0. The molecule has 0 bridgehead atoms. The van der Waals surface area contributed by atoms with Crippen LogP contribution in [0.3, 0.4) is 0 Å². The first-order chi connectivity index (χ1) is 15.7. The van der Waals surface area contributed by atoms with Crippen molar-refractivity contribution in [3.05, 3.63) is 59.7 Å². The Morgan fingerprint density at radius 2 is 1.64 bits per heavy atom. The number of halogens is 3. The molecule has 0 radical (unpaired) electrons. The smallest absolute Gasteiger partial charge is 0.359 e. The Hall–Kier alpha value is -3.07. The number of carbonyl (C=O) groups is 2. The SMILES string of the molecule is CC1Cc2ccccc2N1CC(=O)N1CCN(CC(=O)Nc2ccccc2C(F)(F)F)CC1. The van der Waals surface area contributed by atoms with Gasteiger partial charge in [0.2, 0.25) is 11.8 Å². The van der Waals surface area contributed by atoms with Gasteiger partial charge in [0.1, 0.15) is 0 Å². The summed E-state index contributed by atoms with van der Waals surface area (Å²) in [5.41, 5.74) is 1.24. The van der Waals surface area contributed by atoms with Crippen LogP contribution in [0, 0.1) is 0 Å². The molecule has 1 unspecified atom stereocenters. The van der Waals surface area contributed by atoms with Crippen LogP contribution in [0.25, 0.3) is 0 Å². The Morgan fingerprint density at radius 3 is 2.36 bits per heavy atom. The van der Waals surface area contributed by atoms with Crippen LogP contribution in [0.4, 0.5) is 24.5 Å². The van der Waals surface area contributed by atoms with E-state index in [2.05, 4.69) is 23.2 Å². The van der Waals surface area contributed by atoms with Gasteiger partial charge in [-0.05, 0) is 37.1 Å². The van der Waals surface area contributed by atoms with E-state index in [4.69, 9.17) is 0 Å². The Kier molecular flexibility index (Phi) is 6.60. The zero-order valence-corrected chi connectivity index (χ0v) is 18.4. The Balaban J connectivity index is 1.27. The fourth-order valence-electron chi connectivity index (χ4n) is 4.50. The van der Waals surface area contributed by atoms with Crippen LogP contribution in [0.1, 0.15) is 18.1 Å². The molecule has 1 atom stereocenters. The molecule has 0 spiro atoms. The number of para-hydroxylation sites is 2. The van der Waals surface area contributed by atoms with Crippen LogP contribution in [-0.4, -0.2) is 66.9 Å². The third-order valence-electron chi connectivity index (χ3n) is 6.25. The minimum Gasteiger partial charge on any atom is -0.359 e. The van der Waals surface area contributed by atoms with E-state index in [1.165, 1.54) is 23.8 Å². The molecule has 2 amide bonds. The van der Waals surface area contributed by atoms with Crippen LogP contribution in [0.2, 0.25) is 0 Å². The topological polar surface area (TPSA) is 55.9 Å². The maximum absolute atomic E-state index is 13.1. The number of carbonyl (C=O) groups excluding carboxylic acids is 2. The van der Waals surface area contributed by atoms with Crippen LogP contribution in [0.15, 0.2) is 48.5 Å². The Labute approximate surface area is 191 Å². The zero-order chi connectivity index (χ0) is 23.6. The van der Waals surface area contributed by atoms with Gasteiger partial charge in [-0.1, -0.05) is 30.3 Å². The van der Waals surface area contributed by atoms with Gasteiger partial charge >= 0.3 is 6.18 Å².